The van der Waals surface area contributed by atoms with Gasteiger partial charge in [0.25, 0.3) is 16.8 Å². The summed E-state index contributed by atoms with van der Waals surface area (Å²) in [5, 5.41) is 28.6. The first kappa shape index (κ1) is 33.6. The van der Waals surface area contributed by atoms with Gasteiger partial charge in [-0.25, -0.2) is 22.6 Å². The van der Waals surface area contributed by atoms with Gasteiger partial charge in [0.05, 0.1) is 27.9 Å². The van der Waals surface area contributed by atoms with E-state index >= 15 is 0 Å². The van der Waals surface area contributed by atoms with E-state index in [0.717, 1.165) is 40.4 Å². The summed E-state index contributed by atoms with van der Waals surface area (Å²) in [4.78, 5) is 26.8. The Bertz CT molecular complexity index is 1580. The van der Waals surface area contributed by atoms with Gasteiger partial charge in [0.1, 0.15) is 19.7 Å². The molecule has 238 valence electrons. The van der Waals surface area contributed by atoms with Gasteiger partial charge in [-0.3, -0.25) is 4.79 Å². The molecule has 0 saturated carbocycles. The Kier molecular flexibility index (Phi) is 11.1. The normalized spacial score (nSPS) is 12.0. The van der Waals surface area contributed by atoms with Crippen LogP contribution >= 0.6 is 0 Å². The molecule has 0 atom stereocenters. The summed E-state index contributed by atoms with van der Waals surface area (Å²) in [5.74, 6) is -0.681. The van der Waals surface area contributed by atoms with Crippen LogP contribution in [-0.4, -0.2) is 78.4 Å². The summed E-state index contributed by atoms with van der Waals surface area (Å²) in [6.45, 7) is 0.627. The van der Waals surface area contributed by atoms with E-state index in [1.165, 1.54) is 12.1 Å². The van der Waals surface area contributed by atoms with Crippen LogP contribution in [0.25, 0.3) is 16.9 Å². The summed E-state index contributed by atoms with van der Waals surface area (Å²) < 4.78 is 77.7. The van der Waals surface area contributed by atoms with E-state index in [2.05, 4.69) is 20.0 Å². The molecule has 0 saturated heterocycles. The molecule has 0 fully saturated rings. The molecule has 1 heterocycles. The first-order chi connectivity index (χ1) is 20.7. The zero-order valence-corrected chi connectivity index (χ0v) is 24.0. The fraction of sp³-hybridized carbons (Fsp3) is 0.320. The predicted octanol–water partition coefficient (Wildman–Crippen LogP) is 2.91. The third kappa shape index (κ3) is 9.30. The lowest BCUT2D eigenvalue weighted by Crippen LogP contribution is -2.38. The van der Waals surface area contributed by atoms with Crippen LogP contribution in [0.5, 0.6) is 0 Å². The Hall–Kier alpha value is -4.91. The van der Waals surface area contributed by atoms with Crippen LogP contribution < -0.4 is 4.72 Å². The molecule has 2 aromatic carbocycles. The Morgan fingerprint density at radius 3 is 2.36 bits per heavy atom. The zero-order chi connectivity index (χ0) is 32.5. The number of amides is 1. The standard InChI is InChI=1S/C25H27F3N6O9S/c1-17-3-5-19(6-4-17)22-15-23(25(26,27)28)29-33(22)20-7-9-21(10-8-20)44(39,40)30-24(37)41-14-12-32(11-13-35)34(38)31-43-16-42-18(2)36/h3-10,15,35H,11-14,16H2,1-2H3,(H,30,37). The lowest BCUT2D eigenvalue weighted by Gasteiger charge is -2.17. The van der Waals surface area contributed by atoms with Crippen LogP contribution in [-0.2, 0) is 35.3 Å². The number of hydrazine groups is 1. The monoisotopic (exact) mass is 644 g/mol. The lowest BCUT2D eigenvalue weighted by atomic mass is 10.1. The number of hydrogen-bond donors (Lipinski definition) is 2. The fourth-order valence-corrected chi connectivity index (χ4v) is 4.38. The molecule has 1 amide bonds. The number of nitrogens with one attached hydrogen (secondary N) is 1. The van der Waals surface area contributed by atoms with Crippen molar-refractivity contribution in [3.63, 3.8) is 0 Å². The highest BCUT2D eigenvalue weighted by atomic mass is 32.2. The molecule has 2 N–H and O–H groups in total. The molecule has 0 bridgehead atoms. The van der Waals surface area contributed by atoms with Gasteiger partial charge in [-0.2, -0.15) is 18.3 Å². The van der Waals surface area contributed by atoms with Crippen molar-refractivity contribution >= 4 is 22.1 Å². The number of aliphatic hydroxyl groups excluding tert-OH is 1. The number of aliphatic hydroxyl groups is 1. The highest BCUT2D eigenvalue weighted by Crippen LogP contribution is 2.33. The number of carbonyl (C=O) groups excluding carboxylic acids is 2. The number of benzene rings is 2. The maximum absolute atomic E-state index is 13.5. The lowest BCUT2D eigenvalue weighted by molar-refractivity contribution is -0.712. The van der Waals surface area contributed by atoms with E-state index < -0.39 is 58.9 Å². The number of alkyl halides is 3. The quantitative estimate of drug-likeness (QED) is 0.0695. The van der Waals surface area contributed by atoms with Crippen molar-refractivity contribution in [2.24, 2.45) is 5.28 Å². The van der Waals surface area contributed by atoms with Gasteiger partial charge in [0.2, 0.25) is 5.28 Å². The molecule has 15 nitrogen and oxygen atoms in total. The minimum absolute atomic E-state index is 0.0964. The number of halogens is 3. The van der Waals surface area contributed by atoms with Gasteiger partial charge >= 0.3 is 18.2 Å². The summed E-state index contributed by atoms with van der Waals surface area (Å²) in [7, 11) is -4.48. The first-order valence-electron chi connectivity index (χ1n) is 12.5. The van der Waals surface area contributed by atoms with E-state index in [9.17, 15) is 36.4 Å². The molecular formula is C25H27F3N6O9S. The first-order valence-corrected chi connectivity index (χ1v) is 14.0. The number of nitrogens with zero attached hydrogens (tertiary/aromatic N) is 5. The van der Waals surface area contributed by atoms with E-state index in [-0.39, 0.29) is 29.4 Å². The van der Waals surface area contributed by atoms with E-state index in [1.54, 1.807) is 29.0 Å². The highest BCUT2D eigenvalue weighted by molar-refractivity contribution is 7.90. The fourth-order valence-electron chi connectivity index (χ4n) is 3.49. The smallest absolute Gasteiger partial charge is 0.435 e. The minimum atomic E-state index is -4.73. The van der Waals surface area contributed by atoms with E-state index in [0.29, 0.717) is 5.56 Å². The third-order valence-corrected chi connectivity index (χ3v) is 6.91. The van der Waals surface area contributed by atoms with Gasteiger partial charge in [-0.1, -0.05) is 29.8 Å². The number of esters is 1. The maximum atomic E-state index is 13.5. The van der Waals surface area contributed by atoms with Crippen LogP contribution in [0, 0.1) is 12.1 Å². The Morgan fingerprint density at radius 2 is 1.77 bits per heavy atom. The molecule has 0 spiro atoms. The number of carbonyl (C=O) groups is 2. The number of aryl methyl sites for hydroxylation is 1. The van der Waals surface area contributed by atoms with E-state index in [1.807, 2.05) is 6.92 Å². The van der Waals surface area contributed by atoms with Crippen molar-refractivity contribution < 1.29 is 55.6 Å². The van der Waals surface area contributed by atoms with Crippen molar-refractivity contribution in [2.45, 2.75) is 24.9 Å². The van der Waals surface area contributed by atoms with Crippen molar-refractivity contribution in [1.29, 1.82) is 0 Å². The second kappa shape index (κ2) is 14.5. The molecule has 44 heavy (non-hydrogen) atoms. The molecule has 0 aliphatic heterocycles. The number of sulfonamides is 1. The molecule has 0 aliphatic rings. The number of rotatable bonds is 13. The largest absolute Gasteiger partial charge is 0.569 e. The molecule has 3 rings (SSSR count). The minimum Gasteiger partial charge on any atom is -0.569 e. The number of aromatic nitrogens is 2. The summed E-state index contributed by atoms with van der Waals surface area (Å²) >= 11 is 0. The van der Waals surface area contributed by atoms with Crippen LogP contribution in [0.1, 0.15) is 18.2 Å². The Morgan fingerprint density at radius 1 is 1.11 bits per heavy atom. The topological polar surface area (TPSA) is 188 Å². The molecular weight excluding hydrogens is 617 g/mol. The van der Waals surface area contributed by atoms with Crippen LogP contribution in [0.4, 0.5) is 18.0 Å². The maximum Gasteiger partial charge on any atom is 0.435 e. The number of ether oxygens (including phenoxy) is 2. The van der Waals surface area contributed by atoms with Crippen LogP contribution in [0.15, 0.2) is 64.8 Å². The van der Waals surface area contributed by atoms with Gasteiger partial charge in [-0.05, 0) is 37.3 Å². The third-order valence-electron chi connectivity index (χ3n) is 5.58. The van der Waals surface area contributed by atoms with Crippen molar-refractivity contribution in [3.8, 4) is 16.9 Å². The summed E-state index contributed by atoms with van der Waals surface area (Å²) in [6.07, 6.45) is -6.13. The molecule has 3 aromatic rings. The predicted molar refractivity (Wildman–Crippen MR) is 143 cm³/mol. The van der Waals surface area contributed by atoms with Crippen LogP contribution in [0.2, 0.25) is 0 Å². The van der Waals surface area contributed by atoms with Gasteiger partial charge in [0.15, 0.2) is 5.69 Å². The molecule has 0 radical (unpaired) electrons. The average molecular weight is 645 g/mol. The van der Waals surface area contributed by atoms with Gasteiger partial charge in [-0.15, -0.1) is 5.01 Å². The van der Waals surface area contributed by atoms with Crippen molar-refractivity contribution in [2.75, 3.05) is 33.1 Å². The Labute approximate surface area is 248 Å². The van der Waals surface area contributed by atoms with Crippen molar-refractivity contribution in [1.82, 2.24) is 19.5 Å². The van der Waals surface area contributed by atoms with Gasteiger partial charge in [0, 0.05) is 12.5 Å². The molecule has 1 aromatic heterocycles. The van der Waals surface area contributed by atoms with Crippen molar-refractivity contribution in [3.05, 3.63) is 71.1 Å². The molecule has 0 aliphatic carbocycles. The zero-order valence-electron chi connectivity index (χ0n) is 23.2. The van der Waals surface area contributed by atoms with Gasteiger partial charge < -0.3 is 24.6 Å². The second-order valence-corrected chi connectivity index (χ2v) is 10.5. The molecule has 19 heteroatoms. The van der Waals surface area contributed by atoms with Crippen LogP contribution in [0.3, 0.4) is 0 Å². The summed E-state index contributed by atoms with van der Waals surface area (Å²) in [5.41, 5.74) is 0.427. The highest BCUT2D eigenvalue weighted by Gasteiger charge is 2.35. The second-order valence-electron chi connectivity index (χ2n) is 8.82. The molecule has 0 unspecified atom stereocenters. The SMILES string of the molecule is CC(=O)OCON=[N+]([O-])N(CCO)CCOC(=O)NS(=O)(=O)c1ccc(-n2nc(C(F)(F)F)cc2-c2ccc(C)cc2)cc1. The average Bonchev–Trinajstić information content (AvgIpc) is 3.41. The Balaban J connectivity index is 1.67. The number of hydrogen-bond acceptors (Lipinski definition) is 11. The van der Waals surface area contributed by atoms with E-state index in [4.69, 9.17) is 9.84 Å². The summed E-state index contributed by atoms with van der Waals surface area (Å²) in [6, 6.07) is 12.1.